The van der Waals surface area contributed by atoms with Gasteiger partial charge in [0.15, 0.2) is 6.61 Å². The number of methoxy groups -OCH3 is 3. The van der Waals surface area contributed by atoms with Crippen LogP contribution in [0.1, 0.15) is 12.5 Å². The summed E-state index contributed by atoms with van der Waals surface area (Å²) in [7, 11) is 4.41. The van der Waals surface area contributed by atoms with Gasteiger partial charge in [-0.15, -0.1) is 0 Å². The van der Waals surface area contributed by atoms with Crippen LogP contribution in [0, 0.1) is 0 Å². The van der Waals surface area contributed by atoms with Crippen molar-refractivity contribution >= 4 is 41.1 Å². The molecule has 10 heteroatoms. The predicted molar refractivity (Wildman–Crippen MR) is 124 cm³/mol. The van der Waals surface area contributed by atoms with Crippen molar-refractivity contribution in [1.29, 1.82) is 0 Å². The Balaban J connectivity index is 1.85. The van der Waals surface area contributed by atoms with Crippen LogP contribution >= 0.6 is 11.6 Å². The van der Waals surface area contributed by atoms with E-state index >= 15 is 0 Å². The van der Waals surface area contributed by atoms with Gasteiger partial charge in [-0.05, 0) is 30.7 Å². The predicted octanol–water partition coefficient (Wildman–Crippen LogP) is 3.07. The molecule has 0 radical (unpaired) electrons. The molecule has 0 aliphatic carbocycles. The van der Waals surface area contributed by atoms with E-state index in [-0.39, 0.29) is 0 Å². The maximum absolute atomic E-state index is 12.2. The molecule has 0 fully saturated rings. The van der Waals surface area contributed by atoms with Gasteiger partial charge in [0, 0.05) is 18.2 Å². The Morgan fingerprint density at radius 3 is 2.27 bits per heavy atom. The third-order valence-electron chi connectivity index (χ3n) is 4.35. The lowest BCUT2D eigenvalue weighted by molar-refractivity contribution is -0.149. The van der Waals surface area contributed by atoms with E-state index < -0.39 is 30.4 Å². The summed E-state index contributed by atoms with van der Waals surface area (Å²) in [4.78, 5) is 36.4. The van der Waals surface area contributed by atoms with E-state index in [2.05, 4.69) is 10.6 Å². The minimum atomic E-state index is -0.962. The number of benzene rings is 2. The zero-order valence-corrected chi connectivity index (χ0v) is 19.4. The lowest BCUT2D eigenvalue weighted by Gasteiger charge is -2.14. The van der Waals surface area contributed by atoms with Gasteiger partial charge in [0.2, 0.25) is 5.91 Å². The highest BCUT2D eigenvalue weighted by Gasteiger charge is 2.18. The van der Waals surface area contributed by atoms with Crippen LogP contribution in [-0.4, -0.2) is 51.8 Å². The van der Waals surface area contributed by atoms with Crippen LogP contribution in [0.15, 0.2) is 42.5 Å². The maximum atomic E-state index is 12.2. The lowest BCUT2D eigenvalue weighted by Crippen LogP contribution is -2.39. The summed E-state index contributed by atoms with van der Waals surface area (Å²) in [6.07, 6.45) is 2.88. The Kier molecular flexibility index (Phi) is 9.56. The van der Waals surface area contributed by atoms with Crippen molar-refractivity contribution in [3.8, 4) is 17.2 Å². The number of hydrogen-bond donors (Lipinski definition) is 2. The van der Waals surface area contributed by atoms with E-state index in [1.807, 2.05) is 0 Å². The molecule has 0 bridgehead atoms. The number of esters is 1. The number of anilines is 1. The van der Waals surface area contributed by atoms with E-state index in [1.54, 1.807) is 37.5 Å². The number of amides is 2. The summed E-state index contributed by atoms with van der Waals surface area (Å²) < 4.78 is 20.3. The van der Waals surface area contributed by atoms with E-state index in [4.69, 9.17) is 30.5 Å². The van der Waals surface area contributed by atoms with Gasteiger partial charge in [-0.2, -0.15) is 0 Å². The molecule has 2 amide bonds. The zero-order chi connectivity index (χ0) is 24.4. The van der Waals surface area contributed by atoms with Crippen molar-refractivity contribution in [3.63, 3.8) is 0 Å². The summed E-state index contributed by atoms with van der Waals surface area (Å²) in [5.74, 6) is -0.516. The highest BCUT2D eigenvalue weighted by atomic mass is 35.5. The van der Waals surface area contributed by atoms with Gasteiger partial charge in [-0.25, -0.2) is 4.79 Å². The molecule has 9 nitrogen and oxygen atoms in total. The number of carbonyl (C=O) groups is 3. The molecule has 176 valence electrons. The van der Waals surface area contributed by atoms with Gasteiger partial charge >= 0.3 is 5.97 Å². The first-order valence-electron chi connectivity index (χ1n) is 9.78. The Morgan fingerprint density at radius 1 is 1.00 bits per heavy atom. The van der Waals surface area contributed by atoms with Crippen LogP contribution in [0.4, 0.5) is 5.69 Å². The molecule has 0 spiro atoms. The van der Waals surface area contributed by atoms with E-state index in [1.165, 1.54) is 39.4 Å². The van der Waals surface area contributed by atoms with Crippen LogP contribution in [0.2, 0.25) is 5.02 Å². The smallest absolute Gasteiger partial charge is 0.328 e. The fourth-order valence-electron chi connectivity index (χ4n) is 2.61. The molecule has 2 aromatic rings. The van der Waals surface area contributed by atoms with Crippen molar-refractivity contribution in [2.75, 3.05) is 33.3 Å². The highest BCUT2D eigenvalue weighted by molar-refractivity contribution is 6.32. The first-order valence-corrected chi connectivity index (χ1v) is 10.2. The number of carbonyl (C=O) groups excluding carboxylic acids is 3. The third-order valence-corrected chi connectivity index (χ3v) is 4.64. The topological polar surface area (TPSA) is 112 Å². The normalized spacial score (nSPS) is 11.4. The summed E-state index contributed by atoms with van der Waals surface area (Å²) in [5, 5.41) is 5.34. The zero-order valence-electron chi connectivity index (χ0n) is 18.6. The highest BCUT2D eigenvalue weighted by Crippen LogP contribution is 2.35. The summed E-state index contributed by atoms with van der Waals surface area (Å²) in [5.41, 5.74) is 1.08. The van der Waals surface area contributed by atoms with Crippen molar-refractivity contribution in [2.45, 2.75) is 13.0 Å². The van der Waals surface area contributed by atoms with Crippen molar-refractivity contribution < 1.29 is 33.3 Å². The quantitative estimate of drug-likeness (QED) is 0.400. The second-order valence-corrected chi connectivity index (χ2v) is 7.09. The van der Waals surface area contributed by atoms with Crippen molar-refractivity contribution in [1.82, 2.24) is 5.32 Å². The molecule has 0 saturated carbocycles. The van der Waals surface area contributed by atoms with Crippen LogP contribution in [0.25, 0.3) is 6.08 Å². The Labute approximate surface area is 196 Å². The largest absolute Gasteiger partial charge is 0.497 e. The summed E-state index contributed by atoms with van der Waals surface area (Å²) >= 11 is 6.03. The van der Waals surface area contributed by atoms with E-state index in [9.17, 15) is 14.4 Å². The van der Waals surface area contributed by atoms with Crippen LogP contribution in [-0.2, 0) is 19.1 Å². The maximum Gasteiger partial charge on any atom is 0.328 e. The summed E-state index contributed by atoms with van der Waals surface area (Å²) in [6.45, 7) is 0.890. The number of halogens is 1. The standard InChI is InChI=1S/C23H25ClN2O7/c1-14(25-21(27)10-7-15-5-8-16(30-2)9-6-15)23(29)33-13-22(28)26-18-12-19(31-3)17(24)11-20(18)32-4/h5-12,14H,13H2,1-4H3,(H,25,27)(H,26,28)/b10-7+/t14-/m0/s1. The molecule has 0 heterocycles. The molecule has 0 aliphatic heterocycles. The van der Waals surface area contributed by atoms with Crippen LogP contribution in [0.3, 0.4) is 0 Å². The average Bonchev–Trinajstić information content (AvgIpc) is 2.82. The molecule has 0 aliphatic rings. The van der Waals surface area contributed by atoms with Crippen molar-refractivity contribution in [2.24, 2.45) is 0 Å². The SMILES string of the molecule is COc1ccc(/C=C/C(=O)N[C@@H](C)C(=O)OCC(=O)Nc2cc(OC)c(Cl)cc2OC)cc1. The Morgan fingerprint density at radius 2 is 1.67 bits per heavy atom. The van der Waals surface area contributed by atoms with Crippen LogP contribution in [0.5, 0.6) is 17.2 Å². The number of hydrogen-bond acceptors (Lipinski definition) is 7. The molecule has 0 unspecified atom stereocenters. The Hall–Kier alpha value is -3.72. The summed E-state index contributed by atoms with van der Waals surface area (Å²) in [6, 6.07) is 9.10. The monoisotopic (exact) mass is 476 g/mol. The Bertz CT molecular complexity index is 1020. The van der Waals surface area contributed by atoms with E-state index in [0.29, 0.717) is 28.0 Å². The van der Waals surface area contributed by atoms with Gasteiger partial charge in [0.1, 0.15) is 23.3 Å². The fourth-order valence-corrected chi connectivity index (χ4v) is 2.84. The van der Waals surface area contributed by atoms with Gasteiger partial charge in [-0.1, -0.05) is 23.7 Å². The average molecular weight is 477 g/mol. The van der Waals surface area contributed by atoms with Gasteiger partial charge in [-0.3, -0.25) is 9.59 Å². The molecular weight excluding hydrogens is 452 g/mol. The van der Waals surface area contributed by atoms with Gasteiger partial charge < -0.3 is 29.6 Å². The number of ether oxygens (including phenoxy) is 4. The first-order chi connectivity index (χ1) is 15.8. The molecule has 1 atom stereocenters. The second kappa shape index (κ2) is 12.4. The van der Waals surface area contributed by atoms with Crippen LogP contribution < -0.4 is 24.8 Å². The molecular formula is C23H25ClN2O7. The third kappa shape index (κ3) is 7.73. The molecule has 2 rings (SSSR count). The van der Waals surface area contributed by atoms with Gasteiger partial charge in [0.25, 0.3) is 5.91 Å². The minimum absolute atomic E-state index is 0.296. The number of nitrogens with one attached hydrogen (secondary N) is 2. The molecule has 0 saturated heterocycles. The second-order valence-electron chi connectivity index (χ2n) is 6.68. The van der Waals surface area contributed by atoms with Gasteiger partial charge in [0.05, 0.1) is 32.0 Å². The lowest BCUT2D eigenvalue weighted by atomic mass is 10.2. The molecule has 2 N–H and O–H groups in total. The fraction of sp³-hybridized carbons (Fsp3) is 0.261. The first kappa shape index (κ1) is 25.5. The number of rotatable bonds is 10. The molecule has 2 aromatic carbocycles. The minimum Gasteiger partial charge on any atom is -0.497 e. The van der Waals surface area contributed by atoms with Crippen molar-refractivity contribution in [3.05, 3.63) is 53.1 Å². The van der Waals surface area contributed by atoms with E-state index in [0.717, 1.165) is 5.56 Å². The molecule has 0 aromatic heterocycles. The molecule has 33 heavy (non-hydrogen) atoms.